The molecule has 0 fully saturated rings. The molecule has 2 atom stereocenters. The summed E-state index contributed by atoms with van der Waals surface area (Å²) >= 11 is 0. The third-order valence-corrected chi connectivity index (χ3v) is 0.886. The second-order valence-corrected chi connectivity index (χ2v) is 2.13. The number of methoxy groups -OCH3 is 1. The van der Waals surface area contributed by atoms with E-state index in [1.165, 1.54) is 14.0 Å². The second-order valence-electron chi connectivity index (χ2n) is 2.13. The van der Waals surface area contributed by atoms with Gasteiger partial charge in [-0.1, -0.05) is 6.92 Å². The molecule has 0 aromatic carbocycles. The van der Waals surface area contributed by atoms with E-state index >= 15 is 0 Å². The van der Waals surface area contributed by atoms with Gasteiger partial charge in [0.25, 0.3) is 0 Å². The van der Waals surface area contributed by atoms with Gasteiger partial charge in [-0.3, -0.25) is 0 Å². The zero-order valence-corrected chi connectivity index (χ0v) is 7.82. The highest BCUT2D eigenvalue weighted by atomic mass is 16.6. The lowest BCUT2D eigenvalue weighted by molar-refractivity contribution is -0.0748. The number of aliphatic hydroxyl groups excluding tert-OH is 3. The molecule has 5 heteroatoms. The second kappa shape index (κ2) is 13.4. The SMILES string of the molecule is CC(O)CO.CCC(O)OC.O. The van der Waals surface area contributed by atoms with E-state index in [0.717, 1.165) is 0 Å². The van der Waals surface area contributed by atoms with E-state index in [0.29, 0.717) is 6.42 Å². The van der Waals surface area contributed by atoms with E-state index in [2.05, 4.69) is 4.74 Å². The van der Waals surface area contributed by atoms with Crippen molar-refractivity contribution < 1.29 is 25.5 Å². The summed E-state index contributed by atoms with van der Waals surface area (Å²) in [6, 6.07) is 0. The van der Waals surface area contributed by atoms with Crippen molar-refractivity contribution in [3.8, 4) is 0 Å². The lowest BCUT2D eigenvalue weighted by Gasteiger charge is -2.00. The Morgan fingerprint density at radius 3 is 1.67 bits per heavy atom. The molecule has 78 valence electrons. The Morgan fingerprint density at radius 2 is 1.67 bits per heavy atom. The van der Waals surface area contributed by atoms with Crippen LogP contribution in [0.5, 0.6) is 0 Å². The van der Waals surface area contributed by atoms with Crippen molar-refractivity contribution in [2.24, 2.45) is 0 Å². The smallest absolute Gasteiger partial charge is 0.153 e. The Balaban J connectivity index is -0.000000126. The number of aliphatic hydroxyl groups is 3. The van der Waals surface area contributed by atoms with Gasteiger partial charge in [-0.15, -0.1) is 0 Å². The van der Waals surface area contributed by atoms with E-state index in [9.17, 15) is 0 Å². The molecule has 0 aromatic heterocycles. The van der Waals surface area contributed by atoms with Gasteiger partial charge >= 0.3 is 0 Å². The minimum Gasteiger partial charge on any atom is -0.412 e. The number of ether oxygens (including phenoxy) is 1. The summed E-state index contributed by atoms with van der Waals surface area (Å²) in [5.74, 6) is 0. The van der Waals surface area contributed by atoms with Gasteiger partial charge in [-0.2, -0.15) is 0 Å². The van der Waals surface area contributed by atoms with E-state index in [-0.39, 0.29) is 12.1 Å². The molecule has 0 heterocycles. The number of rotatable bonds is 3. The Hall–Kier alpha value is -0.200. The van der Waals surface area contributed by atoms with Gasteiger partial charge in [0.1, 0.15) is 0 Å². The molecule has 0 aliphatic carbocycles. The zero-order chi connectivity index (χ0) is 9.28. The Labute approximate surface area is 72.9 Å². The normalized spacial score (nSPS) is 13.5. The Kier molecular flexibility index (Phi) is 19.8. The van der Waals surface area contributed by atoms with Crippen LogP contribution < -0.4 is 0 Å². The largest absolute Gasteiger partial charge is 0.412 e. The molecule has 0 bridgehead atoms. The van der Waals surface area contributed by atoms with Crippen LogP contribution in [-0.2, 0) is 4.74 Å². The lowest BCUT2D eigenvalue weighted by Crippen LogP contribution is -2.05. The number of hydrogen-bond acceptors (Lipinski definition) is 4. The molecular formula is C7H20O5. The van der Waals surface area contributed by atoms with Crippen LogP contribution in [0.3, 0.4) is 0 Å². The summed E-state index contributed by atoms with van der Waals surface area (Å²) in [5, 5.41) is 24.4. The average molecular weight is 184 g/mol. The van der Waals surface area contributed by atoms with Crippen LogP contribution >= 0.6 is 0 Å². The highest BCUT2D eigenvalue weighted by molar-refractivity contribution is 4.34. The van der Waals surface area contributed by atoms with Gasteiger partial charge in [-0.25, -0.2) is 0 Å². The highest BCUT2D eigenvalue weighted by Gasteiger charge is 1.90. The quantitative estimate of drug-likeness (QED) is 0.484. The zero-order valence-electron chi connectivity index (χ0n) is 7.82. The standard InChI is InChI=1S/C4H10O2.C3H8O2.H2O/c1-3-4(5)6-2;1-3(5)2-4;/h4-5H,3H2,1-2H3;3-5H,2H2,1H3;1H2. The lowest BCUT2D eigenvalue weighted by atomic mass is 10.5. The fourth-order valence-corrected chi connectivity index (χ4v) is 0.167. The summed E-state index contributed by atoms with van der Waals surface area (Å²) in [7, 11) is 1.48. The first-order valence-corrected chi connectivity index (χ1v) is 3.58. The maximum Gasteiger partial charge on any atom is 0.153 e. The monoisotopic (exact) mass is 184 g/mol. The van der Waals surface area contributed by atoms with Crippen molar-refractivity contribution in [1.82, 2.24) is 0 Å². The van der Waals surface area contributed by atoms with Crippen LogP contribution in [0.1, 0.15) is 20.3 Å². The van der Waals surface area contributed by atoms with Crippen molar-refractivity contribution in [3.63, 3.8) is 0 Å². The first-order chi connectivity index (χ1) is 5.08. The summed E-state index contributed by atoms with van der Waals surface area (Å²) in [6.45, 7) is 3.24. The van der Waals surface area contributed by atoms with Gasteiger partial charge in [0, 0.05) is 7.11 Å². The van der Waals surface area contributed by atoms with Crippen molar-refractivity contribution in [2.75, 3.05) is 13.7 Å². The van der Waals surface area contributed by atoms with E-state index in [1.807, 2.05) is 6.92 Å². The molecule has 0 aliphatic rings. The topological polar surface area (TPSA) is 101 Å². The third-order valence-electron chi connectivity index (χ3n) is 0.886. The predicted octanol–water partition coefficient (Wildman–Crippen LogP) is -1.10. The molecule has 0 aliphatic heterocycles. The maximum absolute atomic E-state index is 8.44. The predicted molar refractivity (Wildman–Crippen MR) is 45.7 cm³/mol. The third kappa shape index (κ3) is 22.6. The Morgan fingerprint density at radius 1 is 1.33 bits per heavy atom. The van der Waals surface area contributed by atoms with Crippen LogP contribution in [0, 0.1) is 0 Å². The van der Waals surface area contributed by atoms with Crippen LogP contribution in [0.2, 0.25) is 0 Å². The van der Waals surface area contributed by atoms with Crippen molar-refractivity contribution >= 4 is 0 Å². The molecule has 0 spiro atoms. The molecule has 0 rings (SSSR count). The molecule has 0 radical (unpaired) electrons. The van der Waals surface area contributed by atoms with E-state index < -0.39 is 12.4 Å². The molecule has 2 unspecified atom stereocenters. The molecule has 0 aromatic rings. The molecule has 0 saturated heterocycles. The fourth-order valence-electron chi connectivity index (χ4n) is 0.167. The van der Waals surface area contributed by atoms with Crippen molar-refractivity contribution in [3.05, 3.63) is 0 Å². The van der Waals surface area contributed by atoms with E-state index in [1.54, 1.807) is 0 Å². The first kappa shape index (κ1) is 17.8. The van der Waals surface area contributed by atoms with Crippen molar-refractivity contribution in [1.29, 1.82) is 0 Å². The van der Waals surface area contributed by atoms with Crippen LogP contribution in [0.4, 0.5) is 0 Å². The molecule has 12 heavy (non-hydrogen) atoms. The average Bonchev–Trinajstić information content (AvgIpc) is 2.04. The highest BCUT2D eigenvalue weighted by Crippen LogP contribution is 1.85. The maximum atomic E-state index is 8.44. The fraction of sp³-hybridized carbons (Fsp3) is 1.00. The Bertz CT molecular complexity index is 62.8. The molecule has 0 saturated carbocycles. The van der Waals surface area contributed by atoms with Gasteiger partial charge in [0.2, 0.25) is 0 Å². The molecule has 0 amide bonds. The van der Waals surface area contributed by atoms with Gasteiger partial charge in [-0.05, 0) is 13.3 Å². The minimum absolute atomic E-state index is 0. The van der Waals surface area contributed by atoms with Crippen molar-refractivity contribution in [2.45, 2.75) is 32.7 Å². The van der Waals surface area contributed by atoms with Gasteiger partial charge in [0.15, 0.2) is 6.29 Å². The van der Waals surface area contributed by atoms with Crippen LogP contribution in [0.15, 0.2) is 0 Å². The summed E-state index contributed by atoms with van der Waals surface area (Å²) in [6.07, 6.45) is -0.462. The first-order valence-electron chi connectivity index (χ1n) is 3.58. The summed E-state index contributed by atoms with van der Waals surface area (Å²) in [5.41, 5.74) is 0. The van der Waals surface area contributed by atoms with Gasteiger partial charge in [0.05, 0.1) is 12.7 Å². The van der Waals surface area contributed by atoms with Gasteiger partial charge < -0.3 is 25.5 Å². The van der Waals surface area contributed by atoms with Crippen LogP contribution in [-0.4, -0.2) is 46.9 Å². The molecule has 5 nitrogen and oxygen atoms in total. The summed E-state index contributed by atoms with van der Waals surface area (Å²) < 4.78 is 4.45. The van der Waals surface area contributed by atoms with E-state index in [4.69, 9.17) is 15.3 Å². The molecule has 5 N–H and O–H groups in total. The molecular weight excluding hydrogens is 164 g/mol. The minimum atomic E-state index is -0.565. The van der Waals surface area contributed by atoms with Crippen LogP contribution in [0.25, 0.3) is 0 Å². The number of hydrogen-bond donors (Lipinski definition) is 3. The summed E-state index contributed by atoms with van der Waals surface area (Å²) in [4.78, 5) is 0.